The Hall–Kier alpha value is -0.570. The summed E-state index contributed by atoms with van der Waals surface area (Å²) in [6, 6.07) is 0.654. The van der Waals surface area contributed by atoms with Gasteiger partial charge < -0.3 is 5.32 Å². The summed E-state index contributed by atoms with van der Waals surface area (Å²) in [4.78, 5) is 15.3. The Morgan fingerprint density at radius 1 is 1.09 bits per heavy atom. The molecule has 1 N–H and O–H groups in total. The van der Waals surface area contributed by atoms with Crippen molar-refractivity contribution in [3.05, 3.63) is 0 Å². The molecule has 124 valence electrons. The van der Waals surface area contributed by atoms with Crippen LogP contribution in [0.2, 0.25) is 0 Å². The second-order valence-corrected chi connectivity index (χ2v) is 9.01. The van der Waals surface area contributed by atoms with Gasteiger partial charge in [0.2, 0.25) is 5.91 Å². The van der Waals surface area contributed by atoms with Crippen molar-refractivity contribution in [1.82, 2.24) is 10.2 Å². The van der Waals surface area contributed by atoms with E-state index in [1.54, 1.807) is 0 Å². The van der Waals surface area contributed by atoms with Crippen LogP contribution in [0.25, 0.3) is 0 Å². The number of hydrogen-bond donors (Lipinski definition) is 1. The van der Waals surface area contributed by atoms with Crippen LogP contribution >= 0.6 is 0 Å². The maximum atomic E-state index is 12.9. The Bertz CT molecular complexity index is 405. The SMILES string of the molecule is CC(C)CN1CCC[C@@H]1C(=O)NC1C2CC3CC(C2)CC1C3. The van der Waals surface area contributed by atoms with E-state index in [0.717, 1.165) is 43.2 Å². The van der Waals surface area contributed by atoms with Gasteiger partial charge in [0.05, 0.1) is 6.04 Å². The molecule has 1 aliphatic heterocycles. The largest absolute Gasteiger partial charge is 0.351 e. The second kappa shape index (κ2) is 5.81. The molecule has 1 amide bonds. The maximum Gasteiger partial charge on any atom is 0.237 e. The first kappa shape index (κ1) is 15.0. The first-order valence-electron chi connectivity index (χ1n) is 9.64. The van der Waals surface area contributed by atoms with Crippen LogP contribution in [-0.4, -0.2) is 36.0 Å². The monoisotopic (exact) mass is 304 g/mol. The van der Waals surface area contributed by atoms with Gasteiger partial charge in [-0.2, -0.15) is 0 Å². The normalized spacial score (nSPS) is 44.0. The Kier molecular flexibility index (Phi) is 3.96. The molecule has 1 saturated heterocycles. The summed E-state index contributed by atoms with van der Waals surface area (Å²) in [7, 11) is 0. The molecule has 5 fully saturated rings. The lowest BCUT2D eigenvalue weighted by molar-refractivity contribution is -0.129. The average Bonchev–Trinajstić information content (AvgIpc) is 2.89. The lowest BCUT2D eigenvalue weighted by Crippen LogP contribution is -2.58. The van der Waals surface area contributed by atoms with E-state index in [4.69, 9.17) is 0 Å². The topological polar surface area (TPSA) is 32.3 Å². The third-order valence-electron chi connectivity index (χ3n) is 6.80. The zero-order valence-electron chi connectivity index (χ0n) is 14.3. The highest BCUT2D eigenvalue weighted by molar-refractivity contribution is 5.82. The predicted octanol–water partition coefficient (Wildman–Crippen LogP) is 3.05. The Morgan fingerprint density at radius 3 is 2.32 bits per heavy atom. The standard InChI is InChI=1S/C19H32N2O/c1-12(2)11-21-5-3-4-17(21)19(22)20-18-15-7-13-6-14(9-15)10-16(18)8-13/h12-18H,3-11H2,1-2H3,(H,20,22)/t13?,14?,15?,16?,17-,18?/m1/s1. The van der Waals surface area contributed by atoms with Gasteiger partial charge in [0, 0.05) is 12.6 Å². The van der Waals surface area contributed by atoms with Gasteiger partial charge in [-0.3, -0.25) is 9.69 Å². The molecule has 0 aromatic rings. The Labute approximate surface area is 135 Å². The van der Waals surface area contributed by atoms with Crippen molar-refractivity contribution in [3.63, 3.8) is 0 Å². The fourth-order valence-electron chi connectivity index (χ4n) is 6.23. The molecular formula is C19H32N2O. The van der Waals surface area contributed by atoms with Crippen LogP contribution in [0.1, 0.15) is 58.8 Å². The van der Waals surface area contributed by atoms with Crippen molar-refractivity contribution >= 4 is 5.91 Å². The number of hydrogen-bond acceptors (Lipinski definition) is 2. The van der Waals surface area contributed by atoms with E-state index in [1.807, 2.05) is 0 Å². The maximum absolute atomic E-state index is 12.9. The van der Waals surface area contributed by atoms with E-state index < -0.39 is 0 Å². The van der Waals surface area contributed by atoms with E-state index in [0.29, 0.717) is 17.9 Å². The van der Waals surface area contributed by atoms with Crippen molar-refractivity contribution in [1.29, 1.82) is 0 Å². The number of rotatable bonds is 4. The highest BCUT2D eigenvalue weighted by Crippen LogP contribution is 2.53. The number of nitrogens with zero attached hydrogens (tertiary/aromatic N) is 1. The molecule has 4 saturated carbocycles. The van der Waals surface area contributed by atoms with Gasteiger partial charge in [0.1, 0.15) is 0 Å². The minimum Gasteiger partial charge on any atom is -0.351 e. The fraction of sp³-hybridized carbons (Fsp3) is 0.947. The number of nitrogens with one attached hydrogen (secondary N) is 1. The zero-order valence-corrected chi connectivity index (χ0v) is 14.3. The summed E-state index contributed by atoms with van der Waals surface area (Å²) in [5.41, 5.74) is 0. The summed E-state index contributed by atoms with van der Waals surface area (Å²) in [6.07, 6.45) is 9.28. The third-order valence-corrected chi connectivity index (χ3v) is 6.80. The molecule has 3 heteroatoms. The lowest BCUT2D eigenvalue weighted by atomic mass is 9.54. The molecule has 22 heavy (non-hydrogen) atoms. The first-order chi connectivity index (χ1) is 10.6. The summed E-state index contributed by atoms with van der Waals surface area (Å²) < 4.78 is 0. The first-order valence-corrected chi connectivity index (χ1v) is 9.64. The van der Waals surface area contributed by atoms with E-state index in [1.165, 1.54) is 38.5 Å². The minimum absolute atomic E-state index is 0.152. The number of carbonyl (C=O) groups is 1. The second-order valence-electron chi connectivity index (χ2n) is 9.01. The van der Waals surface area contributed by atoms with E-state index in [-0.39, 0.29) is 6.04 Å². The summed E-state index contributed by atoms with van der Waals surface area (Å²) >= 11 is 0. The van der Waals surface area contributed by atoms with Crippen molar-refractivity contribution in [2.24, 2.45) is 29.6 Å². The van der Waals surface area contributed by atoms with Crippen LogP contribution in [0.4, 0.5) is 0 Å². The molecule has 1 heterocycles. The van der Waals surface area contributed by atoms with Crippen LogP contribution in [-0.2, 0) is 4.79 Å². The molecule has 4 aliphatic carbocycles. The molecule has 3 nitrogen and oxygen atoms in total. The smallest absolute Gasteiger partial charge is 0.237 e. The molecule has 1 atom stereocenters. The third kappa shape index (κ3) is 2.70. The molecular weight excluding hydrogens is 272 g/mol. The van der Waals surface area contributed by atoms with Crippen LogP contribution in [0.5, 0.6) is 0 Å². The van der Waals surface area contributed by atoms with Gasteiger partial charge in [0.25, 0.3) is 0 Å². The number of carbonyl (C=O) groups excluding carboxylic acids is 1. The molecule has 0 spiro atoms. The number of likely N-dealkylation sites (tertiary alicyclic amines) is 1. The fourth-order valence-corrected chi connectivity index (χ4v) is 6.23. The summed E-state index contributed by atoms with van der Waals surface area (Å²) in [5.74, 6) is 4.55. The number of amides is 1. The van der Waals surface area contributed by atoms with Crippen LogP contribution < -0.4 is 5.32 Å². The van der Waals surface area contributed by atoms with Gasteiger partial charge in [-0.15, -0.1) is 0 Å². The molecule has 5 rings (SSSR count). The molecule has 0 unspecified atom stereocenters. The predicted molar refractivity (Wildman–Crippen MR) is 88.4 cm³/mol. The van der Waals surface area contributed by atoms with Crippen LogP contribution in [0.3, 0.4) is 0 Å². The highest BCUT2D eigenvalue weighted by atomic mass is 16.2. The van der Waals surface area contributed by atoms with Gasteiger partial charge in [-0.25, -0.2) is 0 Å². The van der Waals surface area contributed by atoms with E-state index >= 15 is 0 Å². The summed E-state index contributed by atoms with van der Waals surface area (Å²) in [6.45, 7) is 6.69. The molecule has 5 aliphatic rings. The molecule has 0 aromatic carbocycles. The van der Waals surface area contributed by atoms with E-state index in [9.17, 15) is 4.79 Å². The average molecular weight is 304 g/mol. The Morgan fingerprint density at radius 2 is 1.73 bits per heavy atom. The van der Waals surface area contributed by atoms with Crippen molar-refractivity contribution < 1.29 is 4.79 Å². The van der Waals surface area contributed by atoms with Gasteiger partial charge in [0.15, 0.2) is 0 Å². The van der Waals surface area contributed by atoms with Crippen LogP contribution in [0, 0.1) is 29.6 Å². The van der Waals surface area contributed by atoms with Crippen molar-refractivity contribution in [3.8, 4) is 0 Å². The molecule has 4 bridgehead atoms. The quantitative estimate of drug-likeness (QED) is 0.866. The van der Waals surface area contributed by atoms with Crippen molar-refractivity contribution in [2.75, 3.05) is 13.1 Å². The minimum atomic E-state index is 0.152. The molecule has 0 radical (unpaired) electrons. The van der Waals surface area contributed by atoms with Gasteiger partial charge in [-0.05, 0) is 81.1 Å². The highest BCUT2D eigenvalue weighted by Gasteiger charge is 2.49. The van der Waals surface area contributed by atoms with E-state index in [2.05, 4.69) is 24.1 Å². The zero-order chi connectivity index (χ0) is 15.3. The van der Waals surface area contributed by atoms with Crippen molar-refractivity contribution in [2.45, 2.75) is 70.9 Å². The summed E-state index contributed by atoms with van der Waals surface area (Å²) in [5, 5.41) is 3.53. The van der Waals surface area contributed by atoms with Gasteiger partial charge >= 0.3 is 0 Å². The Balaban J connectivity index is 1.39. The lowest BCUT2D eigenvalue weighted by Gasteiger charge is -2.54. The van der Waals surface area contributed by atoms with Crippen LogP contribution in [0.15, 0.2) is 0 Å². The molecule has 0 aromatic heterocycles. The van der Waals surface area contributed by atoms with Gasteiger partial charge in [-0.1, -0.05) is 13.8 Å².